The molecule has 0 aliphatic carbocycles. The van der Waals surface area contributed by atoms with Gasteiger partial charge in [-0.3, -0.25) is 0 Å². The fourth-order valence-electron chi connectivity index (χ4n) is 5.64. The predicted molar refractivity (Wildman–Crippen MR) is 164 cm³/mol. The van der Waals surface area contributed by atoms with Gasteiger partial charge in [-0.15, -0.1) is 0 Å². The van der Waals surface area contributed by atoms with Crippen LogP contribution in [0, 0.1) is 5.82 Å². The van der Waals surface area contributed by atoms with Crippen molar-refractivity contribution >= 4 is 40.0 Å². The number of hydrogen-bond donors (Lipinski definition) is 1. The molecule has 226 valence electrons. The highest BCUT2D eigenvalue weighted by Gasteiger charge is 2.28. The quantitative estimate of drug-likeness (QED) is 0.368. The third-order valence-electron chi connectivity index (χ3n) is 7.83. The number of fused-ring (bicyclic) bond motifs is 2. The van der Waals surface area contributed by atoms with E-state index in [4.69, 9.17) is 31.0 Å². The molecule has 3 aromatic rings. The van der Waals surface area contributed by atoms with Crippen molar-refractivity contribution in [3.8, 4) is 6.01 Å². The molecule has 1 aromatic heterocycles. The number of halogens is 2. The molecule has 11 heteroatoms. The molecular weight excluding hydrogens is 559 g/mol. The van der Waals surface area contributed by atoms with Gasteiger partial charge in [-0.2, -0.15) is 9.97 Å². The first-order valence-electron chi connectivity index (χ1n) is 14.5. The summed E-state index contributed by atoms with van der Waals surface area (Å²) in [5, 5.41) is 4.53. The van der Waals surface area contributed by atoms with Crippen LogP contribution >= 0.6 is 11.6 Å². The van der Waals surface area contributed by atoms with Crippen LogP contribution in [0.5, 0.6) is 6.01 Å². The third-order valence-corrected chi connectivity index (χ3v) is 8.20. The molecular formula is C31H40ClFN6O3. The van der Waals surface area contributed by atoms with E-state index in [1.807, 2.05) is 50.9 Å². The molecule has 5 rings (SSSR count). The Bertz CT molecular complexity index is 1450. The van der Waals surface area contributed by atoms with Gasteiger partial charge in [-0.1, -0.05) is 29.8 Å². The van der Waals surface area contributed by atoms with Crippen LogP contribution in [-0.4, -0.2) is 79.5 Å². The number of anilines is 2. The van der Waals surface area contributed by atoms with Gasteiger partial charge >= 0.3 is 12.1 Å². The van der Waals surface area contributed by atoms with Crippen molar-refractivity contribution < 1.29 is 18.7 Å². The number of amides is 1. The zero-order chi connectivity index (χ0) is 30.0. The van der Waals surface area contributed by atoms with E-state index >= 15 is 0 Å². The van der Waals surface area contributed by atoms with E-state index in [1.54, 1.807) is 6.07 Å². The summed E-state index contributed by atoms with van der Waals surface area (Å²) in [5.41, 5.74) is 2.20. The Balaban J connectivity index is 1.40. The number of benzene rings is 2. The number of carbonyl (C=O) groups is 1. The number of nitrogens with one attached hydrogen (secondary N) is 1. The van der Waals surface area contributed by atoms with Gasteiger partial charge in [0.25, 0.3) is 0 Å². The fourth-order valence-corrected chi connectivity index (χ4v) is 5.90. The molecule has 0 radical (unpaired) electrons. The lowest BCUT2D eigenvalue weighted by Crippen LogP contribution is -2.38. The minimum absolute atomic E-state index is 0.124. The zero-order valence-electron chi connectivity index (χ0n) is 25.0. The van der Waals surface area contributed by atoms with Gasteiger partial charge in [0.2, 0.25) is 0 Å². The molecule has 42 heavy (non-hydrogen) atoms. The maximum atomic E-state index is 14.5. The summed E-state index contributed by atoms with van der Waals surface area (Å²) in [6.45, 7) is 9.18. The second-order valence-corrected chi connectivity index (χ2v) is 12.5. The van der Waals surface area contributed by atoms with Crippen LogP contribution in [0.2, 0.25) is 5.02 Å². The number of aromatic nitrogens is 2. The molecule has 1 N–H and O–H groups in total. The van der Waals surface area contributed by atoms with Gasteiger partial charge in [0, 0.05) is 49.4 Å². The molecule has 1 saturated heterocycles. The van der Waals surface area contributed by atoms with Crippen molar-refractivity contribution in [2.45, 2.75) is 58.2 Å². The maximum absolute atomic E-state index is 14.5. The van der Waals surface area contributed by atoms with Gasteiger partial charge in [0.15, 0.2) is 0 Å². The van der Waals surface area contributed by atoms with Crippen LogP contribution in [-0.2, 0) is 17.7 Å². The van der Waals surface area contributed by atoms with E-state index in [2.05, 4.69) is 22.2 Å². The number of hydrogen-bond acceptors (Lipinski definition) is 8. The van der Waals surface area contributed by atoms with Crippen LogP contribution in [0.1, 0.15) is 44.9 Å². The summed E-state index contributed by atoms with van der Waals surface area (Å²) in [4.78, 5) is 28.4. The normalized spacial score (nSPS) is 17.3. The summed E-state index contributed by atoms with van der Waals surface area (Å²) in [7, 11) is 4.06. The number of alkyl carbamates (subject to hydrolysis) is 1. The first kappa shape index (κ1) is 30.1. The molecule has 9 nitrogen and oxygen atoms in total. The highest BCUT2D eigenvalue weighted by molar-refractivity contribution is 6.36. The van der Waals surface area contributed by atoms with Gasteiger partial charge in [0.1, 0.15) is 23.8 Å². The van der Waals surface area contributed by atoms with Crippen molar-refractivity contribution in [1.29, 1.82) is 0 Å². The van der Waals surface area contributed by atoms with Gasteiger partial charge < -0.3 is 29.5 Å². The fraction of sp³-hybridized carbons (Fsp3) is 0.516. The number of nitrogens with zero attached hydrogens (tertiary/aromatic N) is 5. The van der Waals surface area contributed by atoms with E-state index in [0.717, 1.165) is 47.5 Å². The number of carbonyl (C=O) groups excluding carboxylic acids is 1. The van der Waals surface area contributed by atoms with Crippen molar-refractivity contribution in [3.63, 3.8) is 0 Å². The molecule has 2 aromatic carbocycles. The van der Waals surface area contributed by atoms with Crippen molar-refractivity contribution in [1.82, 2.24) is 20.2 Å². The molecule has 0 unspecified atom stereocenters. The standard InChI is InChI=1S/C31H40ClFN6O3/c1-31(2,3)42-30(40)34-14-17-38(5)28-22-13-16-39(25-10-6-8-20-11-12-23(33)27(32)26(20)25)18-24(22)35-29(36-28)41-19-21-9-7-15-37(21)4/h6,8,10-12,21H,7,9,13-19H2,1-5H3,(H,34,40)/t21-/m0/s1. The second-order valence-electron chi connectivity index (χ2n) is 12.1. The van der Waals surface area contributed by atoms with Crippen molar-refractivity contribution in [2.75, 3.05) is 56.7 Å². The highest BCUT2D eigenvalue weighted by atomic mass is 35.5. The number of ether oxygens (including phenoxy) is 2. The Kier molecular flexibility index (Phi) is 8.94. The zero-order valence-corrected chi connectivity index (χ0v) is 25.8. The first-order chi connectivity index (χ1) is 20.0. The Morgan fingerprint density at radius 2 is 2.02 bits per heavy atom. The minimum atomic E-state index is -0.562. The molecule has 1 atom stereocenters. The second kappa shape index (κ2) is 12.5. The highest BCUT2D eigenvalue weighted by Crippen LogP contribution is 2.37. The summed E-state index contributed by atoms with van der Waals surface area (Å²) in [6, 6.07) is 9.69. The Labute approximate surface area is 251 Å². The summed E-state index contributed by atoms with van der Waals surface area (Å²) in [5.74, 6) is 0.343. The van der Waals surface area contributed by atoms with Gasteiger partial charge in [-0.05, 0) is 71.1 Å². The molecule has 1 fully saturated rings. The average Bonchev–Trinajstić information content (AvgIpc) is 3.36. The molecule has 3 heterocycles. The summed E-state index contributed by atoms with van der Waals surface area (Å²) in [6.07, 6.45) is 2.46. The van der Waals surface area contributed by atoms with E-state index in [9.17, 15) is 9.18 Å². The van der Waals surface area contributed by atoms with E-state index in [0.29, 0.717) is 56.6 Å². The summed E-state index contributed by atoms with van der Waals surface area (Å²) >= 11 is 6.47. The predicted octanol–water partition coefficient (Wildman–Crippen LogP) is 5.42. The van der Waals surface area contributed by atoms with Crippen LogP contribution in [0.15, 0.2) is 30.3 Å². The molecule has 2 aliphatic heterocycles. The maximum Gasteiger partial charge on any atom is 0.407 e. The summed E-state index contributed by atoms with van der Waals surface area (Å²) < 4.78 is 26.0. The Morgan fingerprint density at radius 1 is 1.21 bits per heavy atom. The lowest BCUT2D eigenvalue weighted by Gasteiger charge is -2.33. The number of likely N-dealkylation sites (tertiary alicyclic amines) is 1. The molecule has 0 bridgehead atoms. The SMILES string of the molecule is CN(CCNC(=O)OC(C)(C)C)c1nc(OC[C@@H]2CCCN2C)nc2c1CCN(c1cccc3ccc(F)c(Cl)c13)C2. The van der Waals surface area contributed by atoms with Crippen molar-refractivity contribution in [3.05, 3.63) is 52.4 Å². The largest absolute Gasteiger partial charge is 0.462 e. The van der Waals surface area contributed by atoms with Crippen LogP contribution in [0.25, 0.3) is 10.8 Å². The average molecular weight is 599 g/mol. The van der Waals surface area contributed by atoms with Crippen LogP contribution in [0.4, 0.5) is 20.7 Å². The lowest BCUT2D eigenvalue weighted by molar-refractivity contribution is 0.0529. The Hall–Kier alpha value is -3.37. The molecule has 1 amide bonds. The number of rotatable bonds is 8. The molecule has 2 aliphatic rings. The van der Waals surface area contributed by atoms with Gasteiger partial charge in [-0.25, -0.2) is 9.18 Å². The topological polar surface area (TPSA) is 83.1 Å². The van der Waals surface area contributed by atoms with E-state index in [-0.39, 0.29) is 5.02 Å². The van der Waals surface area contributed by atoms with Crippen LogP contribution < -0.4 is 19.9 Å². The first-order valence-corrected chi connectivity index (χ1v) is 14.9. The third kappa shape index (κ3) is 6.81. The van der Waals surface area contributed by atoms with E-state index in [1.165, 1.54) is 6.07 Å². The van der Waals surface area contributed by atoms with Crippen molar-refractivity contribution in [2.24, 2.45) is 0 Å². The monoisotopic (exact) mass is 598 g/mol. The van der Waals surface area contributed by atoms with Crippen LogP contribution in [0.3, 0.4) is 0 Å². The Morgan fingerprint density at radius 3 is 2.76 bits per heavy atom. The molecule has 0 saturated carbocycles. The number of likely N-dealkylation sites (N-methyl/N-ethyl adjacent to an activating group) is 2. The smallest absolute Gasteiger partial charge is 0.407 e. The minimum Gasteiger partial charge on any atom is -0.462 e. The lowest BCUT2D eigenvalue weighted by atomic mass is 10.0. The van der Waals surface area contributed by atoms with E-state index < -0.39 is 17.5 Å². The van der Waals surface area contributed by atoms with Gasteiger partial charge in [0.05, 0.1) is 17.3 Å². The molecule has 0 spiro atoms.